The van der Waals surface area contributed by atoms with Crippen molar-refractivity contribution in [1.29, 1.82) is 0 Å². The van der Waals surface area contributed by atoms with Crippen molar-refractivity contribution in [3.8, 4) is 67.3 Å². The van der Waals surface area contributed by atoms with Crippen molar-refractivity contribution in [3.63, 3.8) is 0 Å². The molecule has 0 unspecified atom stereocenters. The van der Waals surface area contributed by atoms with Crippen LogP contribution in [0.25, 0.3) is 87.5 Å². The number of rotatable bonds is 5. The van der Waals surface area contributed by atoms with Gasteiger partial charge in [-0.1, -0.05) is 159 Å². The van der Waals surface area contributed by atoms with Crippen LogP contribution in [0.1, 0.15) is 0 Å². The highest BCUT2D eigenvalue weighted by Gasteiger charge is 2.41. The van der Waals surface area contributed by atoms with Crippen LogP contribution >= 0.6 is 11.3 Å². The highest BCUT2D eigenvalue weighted by atomic mass is 32.1. The fourth-order valence-corrected chi connectivity index (χ4v) is 12.6. The van der Waals surface area contributed by atoms with Gasteiger partial charge in [-0.15, -0.1) is 11.3 Å². The molecule has 0 atom stereocenters. The first kappa shape index (κ1) is 30.8. The van der Waals surface area contributed by atoms with Gasteiger partial charge in [-0.25, -0.2) is 9.97 Å². The minimum absolute atomic E-state index is 0.758. The van der Waals surface area contributed by atoms with E-state index in [1.807, 2.05) is 11.3 Å². The second-order valence-electron chi connectivity index (χ2n) is 14.2. The monoisotopic (exact) mass is 698 g/mol. The molecule has 52 heavy (non-hydrogen) atoms. The summed E-state index contributed by atoms with van der Waals surface area (Å²) in [5, 5.41) is 5.39. The van der Waals surface area contributed by atoms with Crippen molar-refractivity contribution in [1.82, 2.24) is 9.97 Å². The summed E-state index contributed by atoms with van der Waals surface area (Å²) in [6.45, 7) is 4.89. The van der Waals surface area contributed by atoms with Gasteiger partial charge in [-0.3, -0.25) is 0 Å². The van der Waals surface area contributed by atoms with Gasteiger partial charge in [0.05, 0.1) is 11.4 Å². The van der Waals surface area contributed by atoms with Crippen LogP contribution in [0.15, 0.2) is 170 Å². The van der Waals surface area contributed by atoms with E-state index in [4.69, 9.17) is 9.97 Å². The molecule has 3 heterocycles. The van der Waals surface area contributed by atoms with Crippen molar-refractivity contribution in [2.75, 3.05) is 0 Å². The predicted octanol–water partition coefficient (Wildman–Crippen LogP) is 12.0. The van der Waals surface area contributed by atoms with Crippen LogP contribution in [-0.2, 0) is 0 Å². The van der Waals surface area contributed by atoms with Crippen molar-refractivity contribution in [3.05, 3.63) is 170 Å². The summed E-state index contributed by atoms with van der Waals surface area (Å²) in [4.78, 5) is 10.9. The molecule has 2 aromatic heterocycles. The quantitative estimate of drug-likeness (QED) is 0.167. The third kappa shape index (κ3) is 4.98. The first-order valence-corrected chi connectivity index (χ1v) is 21.6. The molecule has 1 aliphatic rings. The van der Waals surface area contributed by atoms with E-state index >= 15 is 0 Å². The Balaban J connectivity index is 1.11. The Morgan fingerprint density at radius 2 is 0.962 bits per heavy atom. The molecule has 0 fully saturated rings. The van der Waals surface area contributed by atoms with E-state index in [-0.39, 0.29) is 0 Å². The van der Waals surface area contributed by atoms with E-state index in [1.54, 1.807) is 0 Å². The Kier molecular flexibility index (Phi) is 7.17. The Hall–Kier alpha value is -5.94. The van der Waals surface area contributed by atoms with E-state index < -0.39 is 8.07 Å². The van der Waals surface area contributed by atoms with Crippen LogP contribution in [0.5, 0.6) is 0 Å². The number of hydrogen-bond donors (Lipinski definition) is 0. The molecule has 10 rings (SSSR count). The molecule has 4 heteroatoms. The third-order valence-electron chi connectivity index (χ3n) is 10.7. The summed E-state index contributed by atoms with van der Waals surface area (Å²) in [6, 6.07) is 61.4. The number of benzene rings is 7. The topological polar surface area (TPSA) is 25.8 Å². The molecular weight excluding hydrogens is 665 g/mol. The van der Waals surface area contributed by atoms with Gasteiger partial charge in [0.1, 0.15) is 8.07 Å². The molecule has 246 valence electrons. The SMILES string of the molecule is C[Si]1(C)c2ccccc2-c2nc(-c3cccc(-c4cccc(-c5cccc6c5sc5ccccc56)c4)c3)nc(-c3cccc(-c4ccccc4)c3)c21. The lowest BCUT2D eigenvalue weighted by Gasteiger charge is -2.22. The molecular formula is C48H34N2SSi. The Bertz CT molecular complexity index is 2830. The van der Waals surface area contributed by atoms with E-state index in [0.717, 1.165) is 33.9 Å². The lowest BCUT2D eigenvalue weighted by Crippen LogP contribution is -2.50. The molecule has 2 nitrogen and oxygen atoms in total. The highest BCUT2D eigenvalue weighted by Crippen LogP contribution is 2.41. The second kappa shape index (κ2) is 12.1. The van der Waals surface area contributed by atoms with E-state index in [1.165, 1.54) is 63.9 Å². The summed E-state index contributed by atoms with van der Waals surface area (Å²) in [5.41, 5.74) is 12.7. The summed E-state index contributed by atoms with van der Waals surface area (Å²) in [5.74, 6) is 0.758. The smallest absolute Gasteiger partial charge is 0.160 e. The highest BCUT2D eigenvalue weighted by molar-refractivity contribution is 7.26. The molecule has 0 saturated carbocycles. The fraction of sp³-hybridized carbons (Fsp3) is 0.0417. The molecule has 0 N–H and O–H groups in total. The average Bonchev–Trinajstić information content (AvgIpc) is 3.70. The molecule has 1 aliphatic heterocycles. The maximum Gasteiger partial charge on any atom is 0.160 e. The molecule has 0 amide bonds. The lowest BCUT2D eigenvalue weighted by atomic mass is 9.97. The van der Waals surface area contributed by atoms with E-state index in [2.05, 4.69) is 183 Å². The first-order chi connectivity index (χ1) is 25.5. The molecule has 0 aliphatic carbocycles. The van der Waals surface area contributed by atoms with Crippen molar-refractivity contribution in [2.45, 2.75) is 13.1 Å². The number of hydrogen-bond acceptors (Lipinski definition) is 3. The summed E-state index contributed by atoms with van der Waals surface area (Å²) >= 11 is 1.87. The minimum atomic E-state index is -2.09. The van der Waals surface area contributed by atoms with E-state index in [9.17, 15) is 0 Å². The van der Waals surface area contributed by atoms with Gasteiger partial charge in [0.2, 0.25) is 0 Å². The Morgan fingerprint density at radius 3 is 1.79 bits per heavy atom. The largest absolute Gasteiger partial charge is 0.228 e. The summed E-state index contributed by atoms with van der Waals surface area (Å²) in [6.07, 6.45) is 0. The van der Waals surface area contributed by atoms with Gasteiger partial charge in [-0.05, 0) is 73.6 Å². The molecule has 0 spiro atoms. The minimum Gasteiger partial charge on any atom is -0.228 e. The zero-order valence-corrected chi connectivity index (χ0v) is 30.8. The zero-order valence-electron chi connectivity index (χ0n) is 29.0. The van der Waals surface area contributed by atoms with Gasteiger partial charge in [0, 0.05) is 31.3 Å². The average molecular weight is 699 g/mol. The van der Waals surface area contributed by atoms with Crippen LogP contribution in [0.4, 0.5) is 0 Å². The standard InChI is InChI=1S/C48H34N2SSi/c1-52(2)43-27-9-7-23-41(43)45-47(52)44(36-20-11-16-32(29-36)31-14-4-3-5-15-31)49-48(50-45)37-21-12-18-34(30-37)33-17-10-19-35(28-33)38-24-13-25-40-39-22-6-8-26-42(39)51-46(38)40/h3-30H,1-2H3. The molecule has 0 saturated heterocycles. The van der Waals surface area contributed by atoms with Crippen LogP contribution in [0.3, 0.4) is 0 Å². The van der Waals surface area contributed by atoms with Crippen molar-refractivity contribution in [2.24, 2.45) is 0 Å². The Labute approximate surface area is 308 Å². The maximum absolute atomic E-state index is 5.48. The van der Waals surface area contributed by atoms with Crippen LogP contribution in [0.2, 0.25) is 13.1 Å². The maximum atomic E-state index is 5.48. The van der Waals surface area contributed by atoms with Crippen molar-refractivity contribution < 1.29 is 0 Å². The molecule has 0 radical (unpaired) electrons. The first-order valence-electron chi connectivity index (χ1n) is 17.8. The van der Waals surface area contributed by atoms with Gasteiger partial charge in [-0.2, -0.15) is 0 Å². The van der Waals surface area contributed by atoms with E-state index in [0.29, 0.717) is 0 Å². The second-order valence-corrected chi connectivity index (χ2v) is 19.5. The molecule has 9 aromatic rings. The number of fused-ring (bicyclic) bond motifs is 6. The van der Waals surface area contributed by atoms with Gasteiger partial charge >= 0.3 is 0 Å². The molecule has 0 bridgehead atoms. The Morgan fingerprint density at radius 1 is 0.423 bits per heavy atom. The van der Waals surface area contributed by atoms with Crippen LogP contribution in [-0.4, -0.2) is 18.0 Å². The summed E-state index contributed by atoms with van der Waals surface area (Å²) < 4.78 is 2.65. The molecule has 7 aromatic carbocycles. The van der Waals surface area contributed by atoms with Gasteiger partial charge < -0.3 is 0 Å². The zero-order chi connectivity index (χ0) is 34.8. The van der Waals surface area contributed by atoms with Gasteiger partial charge in [0.15, 0.2) is 5.82 Å². The van der Waals surface area contributed by atoms with Crippen LogP contribution < -0.4 is 10.4 Å². The van der Waals surface area contributed by atoms with Gasteiger partial charge in [0.25, 0.3) is 0 Å². The third-order valence-corrected chi connectivity index (χ3v) is 15.4. The number of aromatic nitrogens is 2. The predicted molar refractivity (Wildman–Crippen MR) is 224 cm³/mol. The number of nitrogens with zero attached hydrogens (tertiary/aromatic N) is 2. The van der Waals surface area contributed by atoms with Crippen molar-refractivity contribution >= 4 is 50.0 Å². The lowest BCUT2D eigenvalue weighted by molar-refractivity contribution is 1.20. The van der Waals surface area contributed by atoms with Crippen LogP contribution in [0, 0.1) is 0 Å². The number of thiophene rings is 1. The normalized spacial score (nSPS) is 13.0. The fourth-order valence-electron chi connectivity index (χ4n) is 8.11. The summed E-state index contributed by atoms with van der Waals surface area (Å²) in [7, 11) is -2.09.